The van der Waals surface area contributed by atoms with Gasteiger partial charge in [-0.05, 0) is 30.3 Å². The van der Waals surface area contributed by atoms with Crippen LogP contribution in [0.3, 0.4) is 0 Å². The number of pyridine rings is 1. The number of carboxylic acids is 1. The van der Waals surface area contributed by atoms with Crippen molar-refractivity contribution in [2.24, 2.45) is 0 Å². The first-order valence-electron chi connectivity index (χ1n) is 6.98. The number of carboxylic acid groups (broad SMARTS) is 1. The van der Waals surface area contributed by atoms with Gasteiger partial charge in [-0.3, -0.25) is 9.59 Å². The van der Waals surface area contributed by atoms with Gasteiger partial charge in [-0.2, -0.15) is 4.73 Å². The van der Waals surface area contributed by atoms with E-state index in [0.29, 0.717) is 16.0 Å². The number of aromatic nitrogens is 1. The zero-order valence-corrected chi connectivity index (χ0v) is 13.1. The first-order chi connectivity index (χ1) is 11.9. The van der Waals surface area contributed by atoms with Crippen LogP contribution in [0.4, 0.5) is 5.69 Å². The molecule has 2 aromatic rings. The van der Waals surface area contributed by atoms with E-state index in [-0.39, 0.29) is 5.56 Å². The molecule has 0 saturated heterocycles. The number of anilines is 1. The quantitative estimate of drug-likeness (QED) is 0.726. The van der Waals surface area contributed by atoms with Gasteiger partial charge in [0.05, 0.1) is 24.4 Å². The van der Waals surface area contributed by atoms with E-state index < -0.39 is 30.0 Å². The van der Waals surface area contributed by atoms with Crippen LogP contribution in [0.5, 0.6) is 0 Å². The minimum absolute atomic E-state index is 0.154. The highest BCUT2D eigenvalue weighted by Gasteiger charge is 2.09. The highest BCUT2D eigenvalue weighted by Crippen LogP contribution is 2.10. The first-order valence-corrected chi connectivity index (χ1v) is 6.98. The fraction of sp³-hybridized carbons (Fsp3) is 0.125. The van der Waals surface area contributed by atoms with Crippen molar-refractivity contribution in [1.29, 1.82) is 0 Å². The molecule has 2 rings (SSSR count). The number of carbonyl (C=O) groups is 3. The minimum atomic E-state index is -1.23. The molecule has 0 aliphatic heterocycles. The summed E-state index contributed by atoms with van der Waals surface area (Å²) >= 11 is 0. The Hall–Kier alpha value is -3.62. The van der Waals surface area contributed by atoms with Crippen molar-refractivity contribution in [3.8, 4) is 0 Å². The fourth-order valence-electron chi connectivity index (χ4n) is 1.83. The van der Waals surface area contributed by atoms with E-state index in [9.17, 15) is 19.2 Å². The maximum Gasteiger partial charge on any atom is 0.337 e. The molecule has 0 radical (unpaired) electrons. The Labute approximate surface area is 141 Å². The number of rotatable bonds is 6. The largest absolute Gasteiger partial charge is 0.478 e. The summed E-state index contributed by atoms with van der Waals surface area (Å²) in [6.45, 7) is -0.512. The Balaban J connectivity index is 1.97. The number of nitrogens with one attached hydrogen (secondary N) is 1. The molecule has 0 fully saturated rings. The molecule has 9 nitrogen and oxygen atoms in total. The van der Waals surface area contributed by atoms with Crippen LogP contribution >= 0.6 is 0 Å². The third-order valence-corrected chi connectivity index (χ3v) is 3.05. The van der Waals surface area contributed by atoms with Gasteiger partial charge in [0.25, 0.3) is 11.5 Å². The third kappa shape index (κ3) is 4.67. The number of aromatic carboxylic acids is 1. The second-order valence-electron chi connectivity index (χ2n) is 4.78. The minimum Gasteiger partial charge on any atom is -0.478 e. The normalized spacial score (nSPS) is 9.96. The first kappa shape index (κ1) is 17.7. The molecule has 130 valence electrons. The summed E-state index contributed by atoms with van der Waals surface area (Å²) in [5.41, 5.74) is -0.0275. The van der Waals surface area contributed by atoms with Crippen molar-refractivity contribution in [3.05, 3.63) is 64.1 Å². The van der Waals surface area contributed by atoms with Gasteiger partial charge in [0, 0.05) is 11.8 Å². The van der Waals surface area contributed by atoms with Gasteiger partial charge in [-0.15, -0.1) is 0 Å². The summed E-state index contributed by atoms with van der Waals surface area (Å²) in [6.07, 6.45) is 0.975. The van der Waals surface area contributed by atoms with Gasteiger partial charge in [-0.1, -0.05) is 0 Å². The highest BCUT2D eigenvalue weighted by atomic mass is 16.7. The number of hydrogen-bond donors (Lipinski definition) is 2. The summed E-state index contributed by atoms with van der Waals surface area (Å²) in [4.78, 5) is 50.6. The molecule has 1 heterocycles. The van der Waals surface area contributed by atoms with Crippen LogP contribution in [-0.4, -0.2) is 41.4 Å². The van der Waals surface area contributed by atoms with Crippen LogP contribution in [0.1, 0.15) is 20.7 Å². The molecule has 1 amide bonds. The summed E-state index contributed by atoms with van der Waals surface area (Å²) < 4.78 is 5.23. The molecule has 1 aromatic heterocycles. The van der Waals surface area contributed by atoms with Crippen molar-refractivity contribution < 1.29 is 29.1 Å². The Morgan fingerprint density at radius 1 is 1.08 bits per heavy atom. The van der Waals surface area contributed by atoms with Crippen molar-refractivity contribution in [1.82, 2.24) is 4.73 Å². The number of amides is 1. The number of ether oxygens (including phenoxy) is 1. The molecule has 0 saturated carbocycles. The smallest absolute Gasteiger partial charge is 0.337 e. The Bertz CT molecular complexity index is 856. The number of methoxy groups -OCH3 is 1. The molecule has 0 unspecified atom stereocenters. The van der Waals surface area contributed by atoms with Crippen molar-refractivity contribution in [3.63, 3.8) is 0 Å². The van der Waals surface area contributed by atoms with Crippen LogP contribution in [-0.2, 0) is 9.53 Å². The third-order valence-electron chi connectivity index (χ3n) is 3.05. The van der Waals surface area contributed by atoms with Crippen LogP contribution in [0.25, 0.3) is 0 Å². The highest BCUT2D eigenvalue weighted by molar-refractivity contribution is 5.93. The zero-order chi connectivity index (χ0) is 18.4. The van der Waals surface area contributed by atoms with Crippen LogP contribution in [0.15, 0.2) is 47.4 Å². The maximum absolute atomic E-state index is 11.8. The fourth-order valence-corrected chi connectivity index (χ4v) is 1.83. The van der Waals surface area contributed by atoms with E-state index in [0.717, 1.165) is 18.3 Å². The monoisotopic (exact) mass is 346 g/mol. The molecule has 25 heavy (non-hydrogen) atoms. The Morgan fingerprint density at radius 3 is 2.32 bits per heavy atom. The van der Waals surface area contributed by atoms with E-state index in [4.69, 9.17) is 9.94 Å². The molecule has 9 heteroatoms. The molecule has 2 N–H and O–H groups in total. The lowest BCUT2D eigenvalue weighted by atomic mass is 10.2. The van der Waals surface area contributed by atoms with Gasteiger partial charge in [0.1, 0.15) is 0 Å². The SMILES string of the molecule is COC(=O)c1ccc(NC(=O)COn2cc(C(=O)O)ccc2=O)cc1. The molecular weight excluding hydrogens is 332 g/mol. The summed E-state index contributed by atoms with van der Waals surface area (Å²) in [5, 5.41) is 11.4. The molecule has 0 aliphatic rings. The summed E-state index contributed by atoms with van der Waals surface area (Å²) in [5.74, 6) is -2.30. The van der Waals surface area contributed by atoms with Gasteiger partial charge < -0.3 is 20.0 Å². The van der Waals surface area contributed by atoms with Gasteiger partial charge in [-0.25, -0.2) is 9.59 Å². The van der Waals surface area contributed by atoms with E-state index >= 15 is 0 Å². The van der Waals surface area contributed by atoms with Gasteiger partial charge in [0.15, 0.2) is 6.61 Å². The van der Waals surface area contributed by atoms with Gasteiger partial charge >= 0.3 is 11.9 Å². The standard InChI is InChI=1S/C16H14N2O7/c1-24-16(23)10-2-5-12(6-3-10)17-13(19)9-25-18-8-11(15(21)22)4-7-14(18)20/h2-8H,9H2,1H3,(H,17,19)(H,21,22). The van der Waals surface area contributed by atoms with Crippen LogP contribution in [0, 0.1) is 0 Å². The lowest BCUT2D eigenvalue weighted by molar-refractivity contribution is -0.120. The van der Waals surface area contributed by atoms with E-state index in [1.54, 1.807) is 0 Å². The number of esters is 1. The molecule has 0 bridgehead atoms. The van der Waals surface area contributed by atoms with E-state index in [1.165, 1.54) is 31.4 Å². The average molecular weight is 346 g/mol. The number of carbonyl (C=O) groups excluding carboxylic acids is 2. The summed E-state index contributed by atoms with van der Waals surface area (Å²) in [6, 6.07) is 8.11. The number of nitrogens with zero attached hydrogens (tertiary/aromatic N) is 1. The predicted molar refractivity (Wildman–Crippen MR) is 85.5 cm³/mol. The molecule has 0 spiro atoms. The zero-order valence-electron chi connectivity index (χ0n) is 13.1. The summed E-state index contributed by atoms with van der Waals surface area (Å²) in [7, 11) is 1.26. The van der Waals surface area contributed by atoms with Crippen LogP contribution < -0.4 is 15.7 Å². The van der Waals surface area contributed by atoms with Crippen LogP contribution in [0.2, 0.25) is 0 Å². The Morgan fingerprint density at radius 2 is 1.72 bits per heavy atom. The molecule has 0 atom stereocenters. The molecular formula is C16H14N2O7. The maximum atomic E-state index is 11.8. The van der Waals surface area contributed by atoms with E-state index in [1.807, 2.05) is 0 Å². The average Bonchev–Trinajstić information content (AvgIpc) is 2.60. The van der Waals surface area contributed by atoms with Crippen molar-refractivity contribution in [2.45, 2.75) is 0 Å². The second kappa shape index (κ2) is 7.77. The topological polar surface area (TPSA) is 124 Å². The van der Waals surface area contributed by atoms with E-state index in [2.05, 4.69) is 10.1 Å². The number of hydrogen-bond acceptors (Lipinski definition) is 6. The molecule has 1 aromatic carbocycles. The Kier molecular flexibility index (Phi) is 5.51. The predicted octanol–water partition coefficient (Wildman–Crippen LogP) is 0.400. The lowest BCUT2D eigenvalue weighted by Crippen LogP contribution is -2.32. The van der Waals surface area contributed by atoms with Gasteiger partial charge in [0.2, 0.25) is 0 Å². The second-order valence-corrected chi connectivity index (χ2v) is 4.78. The van der Waals surface area contributed by atoms with Crippen molar-refractivity contribution in [2.75, 3.05) is 19.0 Å². The molecule has 0 aliphatic carbocycles. The van der Waals surface area contributed by atoms with Crippen molar-refractivity contribution >= 4 is 23.5 Å². The number of benzene rings is 1. The lowest BCUT2D eigenvalue weighted by Gasteiger charge is -2.09.